The number of hydrogen-bond donors (Lipinski definition) is 1. The molecule has 1 aromatic rings. The topological polar surface area (TPSA) is 78.4 Å². The third-order valence-electron chi connectivity index (χ3n) is 2.54. The van der Waals surface area contributed by atoms with Gasteiger partial charge in [0.15, 0.2) is 5.69 Å². The number of nitrogens with zero attached hydrogens (tertiary/aromatic N) is 1. The van der Waals surface area contributed by atoms with Gasteiger partial charge in [0, 0.05) is 6.07 Å². The van der Waals surface area contributed by atoms with Crippen LogP contribution in [0.25, 0.3) is 0 Å². The Hall–Kier alpha value is -1.78. The van der Waals surface area contributed by atoms with E-state index in [1.165, 1.54) is 6.07 Å². The van der Waals surface area contributed by atoms with Crippen molar-refractivity contribution in [3.8, 4) is 5.75 Å². The minimum atomic E-state index is -0.502. The van der Waals surface area contributed by atoms with E-state index in [0.29, 0.717) is 18.3 Å². The van der Waals surface area contributed by atoms with Crippen molar-refractivity contribution in [3.05, 3.63) is 28.3 Å². The molecule has 0 saturated carbocycles. The summed E-state index contributed by atoms with van der Waals surface area (Å²) in [5, 5.41) is 10.7. The van der Waals surface area contributed by atoms with E-state index >= 15 is 0 Å². The Labute approximate surface area is 101 Å². The van der Waals surface area contributed by atoms with E-state index in [-0.39, 0.29) is 11.4 Å². The molecule has 0 saturated heterocycles. The summed E-state index contributed by atoms with van der Waals surface area (Å²) in [6, 6.07) is 4.60. The van der Waals surface area contributed by atoms with Crippen LogP contribution in [0.2, 0.25) is 0 Å². The van der Waals surface area contributed by atoms with Crippen molar-refractivity contribution in [2.24, 2.45) is 5.92 Å². The lowest BCUT2D eigenvalue weighted by molar-refractivity contribution is -0.384. The molecule has 0 bridgehead atoms. The average molecular weight is 238 g/mol. The Kier molecular flexibility index (Phi) is 4.75. The number of nitro groups is 1. The molecule has 17 heavy (non-hydrogen) atoms. The molecule has 0 aromatic heterocycles. The standard InChI is InChI=1S/C12H18N2O3/c1-3-5-9(2)8-17-11-7-4-6-10(12(11)13)14(15)16/h4,6-7,9H,3,5,8,13H2,1-2H3. The van der Waals surface area contributed by atoms with Crippen molar-refractivity contribution in [3.63, 3.8) is 0 Å². The van der Waals surface area contributed by atoms with Crippen molar-refractivity contribution >= 4 is 11.4 Å². The van der Waals surface area contributed by atoms with Crippen LogP contribution in [0, 0.1) is 16.0 Å². The summed E-state index contributed by atoms with van der Waals surface area (Å²) < 4.78 is 5.51. The number of anilines is 1. The molecule has 0 fully saturated rings. The van der Waals surface area contributed by atoms with Gasteiger partial charge in [-0.2, -0.15) is 0 Å². The Balaban J connectivity index is 2.72. The van der Waals surface area contributed by atoms with E-state index in [2.05, 4.69) is 13.8 Å². The first kappa shape index (κ1) is 13.3. The van der Waals surface area contributed by atoms with Crippen LogP contribution in [-0.4, -0.2) is 11.5 Å². The Bertz CT molecular complexity index is 393. The molecule has 0 heterocycles. The molecule has 1 rings (SSSR count). The van der Waals surface area contributed by atoms with E-state index in [9.17, 15) is 10.1 Å². The lowest BCUT2D eigenvalue weighted by Gasteiger charge is -2.13. The molecule has 5 nitrogen and oxygen atoms in total. The fourth-order valence-corrected chi connectivity index (χ4v) is 1.63. The smallest absolute Gasteiger partial charge is 0.295 e. The molecule has 1 aromatic carbocycles. The van der Waals surface area contributed by atoms with Gasteiger partial charge in [0.25, 0.3) is 5.69 Å². The number of hydrogen-bond acceptors (Lipinski definition) is 4. The predicted octanol–water partition coefficient (Wildman–Crippen LogP) is 2.99. The molecule has 1 atom stereocenters. The first-order chi connectivity index (χ1) is 8.06. The molecular formula is C12H18N2O3. The van der Waals surface area contributed by atoms with Gasteiger partial charge in [-0.15, -0.1) is 0 Å². The Morgan fingerprint density at radius 2 is 2.24 bits per heavy atom. The molecular weight excluding hydrogens is 220 g/mol. The van der Waals surface area contributed by atoms with Crippen LogP contribution in [0.1, 0.15) is 26.7 Å². The number of para-hydroxylation sites is 1. The average Bonchev–Trinajstić information content (AvgIpc) is 2.27. The van der Waals surface area contributed by atoms with Gasteiger partial charge < -0.3 is 10.5 Å². The summed E-state index contributed by atoms with van der Waals surface area (Å²) in [5.41, 5.74) is 5.67. The summed E-state index contributed by atoms with van der Waals surface area (Å²) in [7, 11) is 0. The van der Waals surface area contributed by atoms with Gasteiger partial charge in [0.1, 0.15) is 5.75 Å². The molecule has 0 amide bonds. The summed E-state index contributed by atoms with van der Waals surface area (Å²) in [6.45, 7) is 4.72. The molecule has 0 aliphatic carbocycles. The zero-order valence-electron chi connectivity index (χ0n) is 10.2. The van der Waals surface area contributed by atoms with Crippen LogP contribution in [-0.2, 0) is 0 Å². The van der Waals surface area contributed by atoms with Gasteiger partial charge in [0.2, 0.25) is 0 Å². The first-order valence-electron chi connectivity index (χ1n) is 5.72. The maximum absolute atomic E-state index is 10.7. The number of rotatable bonds is 6. The number of nitrogens with two attached hydrogens (primary N) is 1. The van der Waals surface area contributed by atoms with E-state index < -0.39 is 4.92 Å². The lowest BCUT2D eigenvalue weighted by Crippen LogP contribution is -2.09. The zero-order chi connectivity index (χ0) is 12.8. The van der Waals surface area contributed by atoms with Crippen molar-refractivity contribution in [2.75, 3.05) is 12.3 Å². The van der Waals surface area contributed by atoms with Crippen molar-refractivity contribution in [1.29, 1.82) is 0 Å². The second-order valence-corrected chi connectivity index (χ2v) is 4.15. The van der Waals surface area contributed by atoms with Gasteiger partial charge >= 0.3 is 0 Å². The number of nitro benzene ring substituents is 1. The second kappa shape index (κ2) is 6.08. The van der Waals surface area contributed by atoms with Gasteiger partial charge in [0.05, 0.1) is 11.5 Å². The minimum absolute atomic E-state index is 0.0983. The monoisotopic (exact) mass is 238 g/mol. The maximum atomic E-state index is 10.7. The zero-order valence-corrected chi connectivity index (χ0v) is 10.2. The van der Waals surface area contributed by atoms with Crippen LogP contribution < -0.4 is 10.5 Å². The largest absolute Gasteiger partial charge is 0.491 e. The SMILES string of the molecule is CCCC(C)COc1cccc([N+](=O)[O-])c1N. The third-order valence-corrected chi connectivity index (χ3v) is 2.54. The van der Waals surface area contributed by atoms with Crippen molar-refractivity contribution in [1.82, 2.24) is 0 Å². The highest BCUT2D eigenvalue weighted by Crippen LogP contribution is 2.31. The van der Waals surface area contributed by atoms with Crippen LogP contribution in [0.4, 0.5) is 11.4 Å². The van der Waals surface area contributed by atoms with Crippen LogP contribution in [0.15, 0.2) is 18.2 Å². The second-order valence-electron chi connectivity index (χ2n) is 4.15. The summed E-state index contributed by atoms with van der Waals surface area (Å²) in [4.78, 5) is 10.2. The van der Waals surface area contributed by atoms with Gasteiger partial charge in [-0.25, -0.2) is 0 Å². The molecule has 0 radical (unpaired) electrons. The number of ether oxygens (including phenoxy) is 1. The fourth-order valence-electron chi connectivity index (χ4n) is 1.63. The van der Waals surface area contributed by atoms with Gasteiger partial charge in [-0.05, 0) is 18.4 Å². The molecule has 5 heteroatoms. The highest BCUT2D eigenvalue weighted by molar-refractivity contribution is 5.66. The minimum Gasteiger partial charge on any atom is -0.491 e. The van der Waals surface area contributed by atoms with Crippen LogP contribution in [0.3, 0.4) is 0 Å². The van der Waals surface area contributed by atoms with Crippen LogP contribution in [0.5, 0.6) is 5.75 Å². The van der Waals surface area contributed by atoms with E-state index in [1.807, 2.05) is 0 Å². The van der Waals surface area contributed by atoms with E-state index in [0.717, 1.165) is 12.8 Å². The highest BCUT2D eigenvalue weighted by atomic mass is 16.6. The summed E-state index contributed by atoms with van der Waals surface area (Å²) in [6.07, 6.45) is 2.16. The summed E-state index contributed by atoms with van der Waals surface area (Å²) >= 11 is 0. The third kappa shape index (κ3) is 3.62. The van der Waals surface area contributed by atoms with Gasteiger partial charge in [-0.3, -0.25) is 10.1 Å². The Morgan fingerprint density at radius 1 is 1.53 bits per heavy atom. The van der Waals surface area contributed by atoms with Crippen LogP contribution >= 0.6 is 0 Å². The lowest BCUT2D eigenvalue weighted by atomic mass is 10.1. The number of nitrogen functional groups attached to an aromatic ring is 1. The normalized spacial score (nSPS) is 12.1. The molecule has 1 unspecified atom stereocenters. The highest BCUT2D eigenvalue weighted by Gasteiger charge is 2.15. The molecule has 0 aliphatic heterocycles. The van der Waals surface area contributed by atoms with Gasteiger partial charge in [-0.1, -0.05) is 26.3 Å². The van der Waals surface area contributed by atoms with Crippen molar-refractivity contribution < 1.29 is 9.66 Å². The Morgan fingerprint density at radius 3 is 2.82 bits per heavy atom. The predicted molar refractivity (Wildman–Crippen MR) is 67.1 cm³/mol. The fraction of sp³-hybridized carbons (Fsp3) is 0.500. The maximum Gasteiger partial charge on any atom is 0.295 e. The first-order valence-corrected chi connectivity index (χ1v) is 5.72. The van der Waals surface area contributed by atoms with E-state index in [4.69, 9.17) is 10.5 Å². The van der Waals surface area contributed by atoms with Crippen molar-refractivity contribution in [2.45, 2.75) is 26.7 Å². The molecule has 94 valence electrons. The number of benzene rings is 1. The summed E-state index contributed by atoms with van der Waals surface area (Å²) in [5.74, 6) is 0.806. The van der Waals surface area contributed by atoms with E-state index in [1.54, 1.807) is 12.1 Å². The molecule has 0 aliphatic rings. The molecule has 2 N–H and O–H groups in total. The molecule has 0 spiro atoms. The quantitative estimate of drug-likeness (QED) is 0.469.